The fourth-order valence-electron chi connectivity index (χ4n) is 3.76. The standard InChI is InChI=1S/C17H31N3O2.ClH/c1-17(18)11-6-5-9-14(17)16(22)19-12-10-15(21)20-13-7-3-2-4-8-13;/h13-14H,2-12,18H2,1H3,(H,19,22)(H,20,21);1H. The molecule has 2 atom stereocenters. The van der Waals surface area contributed by atoms with Crippen LogP contribution in [0.5, 0.6) is 0 Å². The first-order valence-electron chi connectivity index (χ1n) is 8.85. The van der Waals surface area contributed by atoms with Gasteiger partial charge in [-0.3, -0.25) is 9.59 Å². The molecular weight excluding hydrogens is 314 g/mol. The van der Waals surface area contributed by atoms with Crippen LogP contribution in [0.25, 0.3) is 0 Å². The van der Waals surface area contributed by atoms with Crippen molar-refractivity contribution < 1.29 is 9.59 Å². The molecule has 2 amide bonds. The highest BCUT2D eigenvalue weighted by Gasteiger charge is 2.37. The van der Waals surface area contributed by atoms with Gasteiger partial charge in [0.25, 0.3) is 0 Å². The third kappa shape index (κ3) is 6.30. The molecule has 4 N–H and O–H groups in total. The van der Waals surface area contributed by atoms with Crippen LogP contribution < -0.4 is 16.4 Å². The van der Waals surface area contributed by atoms with Gasteiger partial charge in [-0.15, -0.1) is 12.4 Å². The Morgan fingerprint density at radius 1 is 1.09 bits per heavy atom. The minimum atomic E-state index is -0.410. The monoisotopic (exact) mass is 345 g/mol. The molecule has 23 heavy (non-hydrogen) atoms. The Hall–Kier alpha value is -0.810. The summed E-state index contributed by atoms with van der Waals surface area (Å²) in [5.41, 5.74) is 5.83. The number of nitrogens with two attached hydrogens (primary N) is 1. The number of hydrogen-bond acceptors (Lipinski definition) is 3. The lowest BCUT2D eigenvalue weighted by atomic mass is 9.74. The first-order chi connectivity index (χ1) is 10.5. The van der Waals surface area contributed by atoms with Crippen LogP contribution in [-0.4, -0.2) is 29.9 Å². The summed E-state index contributed by atoms with van der Waals surface area (Å²) in [6.07, 6.45) is 10.1. The summed E-state index contributed by atoms with van der Waals surface area (Å²) in [4.78, 5) is 24.2. The second-order valence-electron chi connectivity index (χ2n) is 7.25. The van der Waals surface area contributed by atoms with E-state index in [-0.39, 0.29) is 30.1 Å². The van der Waals surface area contributed by atoms with Crippen LogP contribution in [0.4, 0.5) is 0 Å². The van der Waals surface area contributed by atoms with Crippen LogP contribution in [-0.2, 0) is 9.59 Å². The molecule has 5 nitrogen and oxygen atoms in total. The van der Waals surface area contributed by atoms with Gasteiger partial charge in [0.1, 0.15) is 0 Å². The van der Waals surface area contributed by atoms with Gasteiger partial charge in [0.15, 0.2) is 0 Å². The van der Waals surface area contributed by atoms with E-state index in [4.69, 9.17) is 5.73 Å². The zero-order valence-corrected chi connectivity index (χ0v) is 15.1. The lowest BCUT2D eigenvalue weighted by Crippen LogP contribution is -2.53. The summed E-state index contributed by atoms with van der Waals surface area (Å²) < 4.78 is 0. The Kier molecular flexibility index (Phi) is 8.34. The summed E-state index contributed by atoms with van der Waals surface area (Å²) in [5, 5.41) is 5.97. The van der Waals surface area contributed by atoms with Crippen molar-refractivity contribution in [1.82, 2.24) is 10.6 Å². The van der Waals surface area contributed by atoms with E-state index in [9.17, 15) is 9.59 Å². The Morgan fingerprint density at radius 2 is 1.74 bits per heavy atom. The Bertz CT molecular complexity index is 395. The lowest BCUT2D eigenvalue weighted by molar-refractivity contribution is -0.128. The molecule has 0 aromatic rings. The maximum Gasteiger partial charge on any atom is 0.224 e. The second-order valence-corrected chi connectivity index (χ2v) is 7.25. The summed E-state index contributed by atoms with van der Waals surface area (Å²) in [5.74, 6) is -0.0656. The minimum absolute atomic E-state index is 0. The van der Waals surface area contributed by atoms with Gasteiger partial charge >= 0.3 is 0 Å². The predicted octanol–water partition coefficient (Wildman–Crippen LogP) is 2.27. The van der Waals surface area contributed by atoms with E-state index in [1.165, 1.54) is 19.3 Å². The highest BCUT2D eigenvalue weighted by molar-refractivity contribution is 5.85. The third-order valence-corrected chi connectivity index (χ3v) is 5.19. The molecule has 0 spiro atoms. The van der Waals surface area contributed by atoms with Crippen molar-refractivity contribution in [2.75, 3.05) is 6.54 Å². The summed E-state index contributed by atoms with van der Waals surface area (Å²) in [6, 6.07) is 0.336. The average molecular weight is 346 g/mol. The van der Waals surface area contributed by atoms with E-state index in [1.807, 2.05) is 6.92 Å². The van der Waals surface area contributed by atoms with Gasteiger partial charge in [0.05, 0.1) is 5.92 Å². The fraction of sp³-hybridized carbons (Fsp3) is 0.882. The van der Waals surface area contributed by atoms with Gasteiger partial charge < -0.3 is 16.4 Å². The molecule has 0 heterocycles. The maximum absolute atomic E-state index is 12.3. The van der Waals surface area contributed by atoms with Gasteiger partial charge in [0.2, 0.25) is 11.8 Å². The largest absolute Gasteiger partial charge is 0.355 e. The average Bonchev–Trinajstić information content (AvgIpc) is 2.47. The van der Waals surface area contributed by atoms with Crippen molar-refractivity contribution in [3.63, 3.8) is 0 Å². The number of nitrogens with one attached hydrogen (secondary N) is 2. The molecule has 0 saturated heterocycles. The van der Waals surface area contributed by atoms with Gasteiger partial charge in [-0.1, -0.05) is 32.1 Å². The highest BCUT2D eigenvalue weighted by Crippen LogP contribution is 2.31. The van der Waals surface area contributed by atoms with E-state index < -0.39 is 5.54 Å². The van der Waals surface area contributed by atoms with Crippen molar-refractivity contribution in [2.45, 2.75) is 82.7 Å². The van der Waals surface area contributed by atoms with E-state index in [1.54, 1.807) is 0 Å². The molecule has 2 fully saturated rings. The summed E-state index contributed by atoms with van der Waals surface area (Å²) >= 11 is 0. The first-order valence-corrected chi connectivity index (χ1v) is 8.85. The molecule has 0 bridgehead atoms. The Morgan fingerprint density at radius 3 is 2.39 bits per heavy atom. The highest BCUT2D eigenvalue weighted by atomic mass is 35.5. The van der Waals surface area contributed by atoms with Gasteiger partial charge in [-0.2, -0.15) is 0 Å². The van der Waals surface area contributed by atoms with E-state index in [0.717, 1.165) is 38.5 Å². The molecule has 2 aliphatic carbocycles. The van der Waals surface area contributed by atoms with Gasteiger partial charge in [-0.25, -0.2) is 0 Å². The van der Waals surface area contributed by atoms with Crippen LogP contribution >= 0.6 is 12.4 Å². The number of amides is 2. The van der Waals surface area contributed by atoms with Crippen molar-refractivity contribution in [3.05, 3.63) is 0 Å². The van der Waals surface area contributed by atoms with Crippen LogP contribution in [0, 0.1) is 5.92 Å². The molecule has 2 rings (SSSR count). The van der Waals surface area contributed by atoms with Crippen molar-refractivity contribution in [1.29, 1.82) is 0 Å². The van der Waals surface area contributed by atoms with Crippen LogP contribution in [0.1, 0.15) is 71.1 Å². The lowest BCUT2D eigenvalue weighted by Gasteiger charge is -2.37. The molecule has 0 aliphatic heterocycles. The quantitative estimate of drug-likeness (QED) is 0.714. The van der Waals surface area contributed by atoms with Crippen LogP contribution in [0.2, 0.25) is 0 Å². The zero-order valence-electron chi connectivity index (χ0n) is 14.2. The zero-order chi connectivity index (χ0) is 16.0. The number of hydrogen-bond donors (Lipinski definition) is 3. The minimum Gasteiger partial charge on any atom is -0.355 e. The van der Waals surface area contributed by atoms with Crippen LogP contribution in [0.3, 0.4) is 0 Å². The predicted molar refractivity (Wildman–Crippen MR) is 94.4 cm³/mol. The second kappa shape index (κ2) is 9.48. The van der Waals surface area contributed by atoms with Crippen molar-refractivity contribution >= 4 is 24.2 Å². The fourth-order valence-corrected chi connectivity index (χ4v) is 3.76. The molecule has 6 heteroatoms. The smallest absolute Gasteiger partial charge is 0.224 e. The topological polar surface area (TPSA) is 84.2 Å². The summed E-state index contributed by atoms with van der Waals surface area (Å²) in [6.45, 7) is 2.37. The number of carbonyl (C=O) groups is 2. The van der Waals surface area contributed by atoms with E-state index in [0.29, 0.717) is 19.0 Å². The van der Waals surface area contributed by atoms with Gasteiger partial charge in [0, 0.05) is 24.5 Å². The Balaban J connectivity index is 0.00000264. The van der Waals surface area contributed by atoms with E-state index in [2.05, 4.69) is 10.6 Å². The molecule has 2 aliphatic rings. The first kappa shape index (κ1) is 20.2. The SMILES string of the molecule is CC1(N)CCCCC1C(=O)NCCC(=O)NC1CCCCC1.Cl. The molecule has 134 valence electrons. The molecule has 0 aromatic carbocycles. The van der Waals surface area contributed by atoms with E-state index >= 15 is 0 Å². The normalized spacial score (nSPS) is 28.5. The maximum atomic E-state index is 12.3. The number of halogens is 1. The van der Waals surface area contributed by atoms with Crippen molar-refractivity contribution in [2.24, 2.45) is 11.7 Å². The van der Waals surface area contributed by atoms with Crippen LogP contribution in [0.15, 0.2) is 0 Å². The van der Waals surface area contributed by atoms with Crippen molar-refractivity contribution in [3.8, 4) is 0 Å². The molecular formula is C17H32ClN3O2. The van der Waals surface area contributed by atoms with Gasteiger partial charge in [-0.05, 0) is 32.6 Å². The number of carbonyl (C=O) groups excluding carboxylic acids is 2. The number of rotatable bonds is 5. The molecule has 0 radical (unpaired) electrons. The molecule has 2 saturated carbocycles. The Labute approximate surface area is 145 Å². The molecule has 2 unspecified atom stereocenters. The third-order valence-electron chi connectivity index (χ3n) is 5.19. The molecule has 0 aromatic heterocycles. The summed E-state index contributed by atoms with van der Waals surface area (Å²) in [7, 11) is 0.